The molecule has 3 fully saturated rings. The van der Waals surface area contributed by atoms with Gasteiger partial charge in [0, 0.05) is 24.5 Å². The summed E-state index contributed by atoms with van der Waals surface area (Å²) in [5, 5.41) is 4.02. The lowest BCUT2D eigenvalue weighted by atomic mass is 9.70. The molecule has 2 atom stereocenters. The van der Waals surface area contributed by atoms with E-state index in [0.29, 0.717) is 18.0 Å². The maximum atomic E-state index is 4.02. The lowest BCUT2D eigenvalue weighted by Crippen LogP contribution is -2.64. The lowest BCUT2D eigenvalue weighted by molar-refractivity contribution is 0.00468. The smallest absolute Gasteiger partial charge is 0.0361 e. The number of nitrogens with zero attached hydrogens (tertiary/aromatic N) is 1. The van der Waals surface area contributed by atoms with E-state index in [0.717, 1.165) is 12.5 Å². The van der Waals surface area contributed by atoms with Crippen LogP contribution in [0.5, 0.6) is 0 Å². The summed E-state index contributed by atoms with van der Waals surface area (Å²) in [6.45, 7) is 5.59. The fourth-order valence-electron chi connectivity index (χ4n) is 5.75. The first kappa shape index (κ1) is 19.5. The van der Waals surface area contributed by atoms with Gasteiger partial charge in [-0.25, -0.2) is 0 Å². The molecular weight excluding hydrogens is 364 g/mol. The third-order valence-corrected chi connectivity index (χ3v) is 7.15. The van der Waals surface area contributed by atoms with Crippen LogP contribution < -0.4 is 5.32 Å². The molecule has 0 spiro atoms. The Balaban J connectivity index is 1.49. The van der Waals surface area contributed by atoms with Crippen molar-refractivity contribution < 1.29 is 0 Å². The Kier molecular flexibility index (Phi) is 5.70. The Bertz CT molecular complexity index is 905. The number of hydrogen-bond donors (Lipinski definition) is 1. The zero-order valence-corrected chi connectivity index (χ0v) is 17.9. The molecule has 0 amide bonds. The van der Waals surface area contributed by atoms with Crippen molar-refractivity contribution in [1.29, 1.82) is 0 Å². The molecule has 3 aliphatic heterocycles. The molecule has 2 bridgehead atoms. The van der Waals surface area contributed by atoms with Gasteiger partial charge in [-0.2, -0.15) is 0 Å². The average Bonchev–Trinajstić information content (AvgIpc) is 2.81. The Morgan fingerprint density at radius 1 is 0.833 bits per heavy atom. The van der Waals surface area contributed by atoms with E-state index in [1.165, 1.54) is 48.2 Å². The van der Waals surface area contributed by atoms with Crippen molar-refractivity contribution in [2.24, 2.45) is 5.92 Å². The first-order chi connectivity index (χ1) is 14.8. The molecule has 0 radical (unpaired) electrons. The van der Waals surface area contributed by atoms with Crippen molar-refractivity contribution in [3.05, 3.63) is 107 Å². The largest absolute Gasteiger partial charge is 0.308 e. The highest BCUT2D eigenvalue weighted by atomic mass is 15.2. The van der Waals surface area contributed by atoms with Crippen molar-refractivity contribution in [3.8, 4) is 0 Å². The Hall–Kier alpha value is -2.42. The highest BCUT2D eigenvalue weighted by Gasteiger charge is 2.46. The minimum atomic E-state index is 0.394. The van der Waals surface area contributed by atoms with Gasteiger partial charge in [0.1, 0.15) is 0 Å². The SMILES string of the molecule is Cc1cccc(CN[C@@H]2C3CCN(CC3)[C@H]2C(c2ccccc2)c2ccccc2)c1. The number of fused-ring (bicyclic) bond motifs is 3. The third-order valence-electron chi connectivity index (χ3n) is 7.15. The van der Waals surface area contributed by atoms with E-state index in [4.69, 9.17) is 0 Å². The lowest BCUT2D eigenvalue weighted by Gasteiger charge is -2.54. The van der Waals surface area contributed by atoms with E-state index in [9.17, 15) is 0 Å². The number of hydrogen-bond acceptors (Lipinski definition) is 2. The molecule has 2 nitrogen and oxygen atoms in total. The number of rotatable bonds is 6. The first-order valence-electron chi connectivity index (χ1n) is 11.4. The van der Waals surface area contributed by atoms with Gasteiger partial charge >= 0.3 is 0 Å². The van der Waals surface area contributed by atoms with Gasteiger partial charge in [0.05, 0.1) is 0 Å². The number of aryl methyl sites for hydroxylation is 1. The number of benzene rings is 3. The summed E-state index contributed by atoms with van der Waals surface area (Å²) in [6, 6.07) is 32.2. The van der Waals surface area contributed by atoms with Gasteiger partial charge in [0.25, 0.3) is 0 Å². The first-order valence-corrected chi connectivity index (χ1v) is 11.4. The van der Waals surface area contributed by atoms with Crippen LogP contribution in [0.1, 0.15) is 41.0 Å². The summed E-state index contributed by atoms with van der Waals surface area (Å²) >= 11 is 0. The zero-order chi connectivity index (χ0) is 20.3. The predicted octanol–water partition coefficient (Wildman–Crippen LogP) is 5.38. The third kappa shape index (κ3) is 3.95. The average molecular weight is 397 g/mol. The Morgan fingerprint density at radius 3 is 2.07 bits per heavy atom. The molecule has 6 rings (SSSR count). The molecule has 3 heterocycles. The van der Waals surface area contributed by atoms with Gasteiger partial charge < -0.3 is 5.32 Å². The molecule has 30 heavy (non-hydrogen) atoms. The van der Waals surface area contributed by atoms with Gasteiger partial charge in [-0.05, 0) is 55.5 Å². The van der Waals surface area contributed by atoms with Gasteiger partial charge in [0.15, 0.2) is 0 Å². The number of piperidine rings is 3. The minimum absolute atomic E-state index is 0.394. The Morgan fingerprint density at radius 2 is 1.47 bits per heavy atom. The molecular formula is C28H32N2. The normalized spacial score (nSPS) is 25.5. The summed E-state index contributed by atoms with van der Waals surface area (Å²) in [5.74, 6) is 1.16. The maximum absolute atomic E-state index is 4.02. The van der Waals surface area contributed by atoms with E-state index in [1.807, 2.05) is 0 Å². The summed E-state index contributed by atoms with van der Waals surface area (Å²) in [6.07, 6.45) is 2.64. The molecule has 0 unspecified atom stereocenters. The van der Waals surface area contributed by atoms with Crippen LogP contribution in [0, 0.1) is 12.8 Å². The van der Waals surface area contributed by atoms with E-state index in [-0.39, 0.29) is 0 Å². The molecule has 3 aliphatic rings. The summed E-state index contributed by atoms with van der Waals surface area (Å²) in [7, 11) is 0. The van der Waals surface area contributed by atoms with E-state index in [1.54, 1.807) is 0 Å². The van der Waals surface area contributed by atoms with Gasteiger partial charge in [-0.15, -0.1) is 0 Å². The number of nitrogens with one attached hydrogen (secondary N) is 1. The van der Waals surface area contributed by atoms with Crippen LogP contribution in [0.2, 0.25) is 0 Å². The van der Waals surface area contributed by atoms with E-state index < -0.39 is 0 Å². The van der Waals surface area contributed by atoms with Crippen molar-refractivity contribution in [1.82, 2.24) is 10.2 Å². The highest BCUT2D eigenvalue weighted by molar-refractivity contribution is 5.36. The van der Waals surface area contributed by atoms with Gasteiger partial charge in [0.2, 0.25) is 0 Å². The van der Waals surface area contributed by atoms with E-state index in [2.05, 4.69) is 102 Å². The summed E-state index contributed by atoms with van der Waals surface area (Å²) in [5.41, 5.74) is 5.60. The fraction of sp³-hybridized carbons (Fsp3) is 0.357. The summed E-state index contributed by atoms with van der Waals surface area (Å²) in [4.78, 5) is 2.76. The standard InChI is InChI=1S/C28H32N2/c1-21-9-8-10-22(19-21)20-29-27-25-15-17-30(18-16-25)28(27)26(23-11-4-2-5-12-23)24-13-6-3-7-14-24/h2-14,19,25-29H,15-18,20H2,1H3/t27-,28+/m1/s1. The monoisotopic (exact) mass is 396 g/mol. The van der Waals surface area contributed by atoms with Crippen LogP contribution in [0.4, 0.5) is 0 Å². The summed E-state index contributed by atoms with van der Waals surface area (Å²) < 4.78 is 0. The second-order valence-corrected chi connectivity index (χ2v) is 9.06. The van der Waals surface area contributed by atoms with Crippen molar-refractivity contribution >= 4 is 0 Å². The maximum Gasteiger partial charge on any atom is 0.0361 e. The van der Waals surface area contributed by atoms with Crippen molar-refractivity contribution in [2.75, 3.05) is 13.1 Å². The molecule has 0 aliphatic carbocycles. The molecule has 3 aromatic carbocycles. The van der Waals surface area contributed by atoms with Crippen LogP contribution in [0.25, 0.3) is 0 Å². The van der Waals surface area contributed by atoms with Crippen LogP contribution in [-0.2, 0) is 6.54 Å². The zero-order valence-electron chi connectivity index (χ0n) is 17.9. The second kappa shape index (κ2) is 8.75. The van der Waals surface area contributed by atoms with Gasteiger partial charge in [-0.1, -0.05) is 90.5 Å². The molecule has 0 saturated carbocycles. The molecule has 3 saturated heterocycles. The van der Waals surface area contributed by atoms with Crippen molar-refractivity contribution in [2.45, 2.75) is 44.3 Å². The van der Waals surface area contributed by atoms with Gasteiger partial charge in [-0.3, -0.25) is 4.90 Å². The minimum Gasteiger partial charge on any atom is -0.308 e. The molecule has 3 aromatic rings. The van der Waals surface area contributed by atoms with Crippen LogP contribution in [0.15, 0.2) is 84.9 Å². The molecule has 1 N–H and O–H groups in total. The topological polar surface area (TPSA) is 15.3 Å². The quantitative estimate of drug-likeness (QED) is 0.602. The van der Waals surface area contributed by atoms with Crippen LogP contribution in [-0.4, -0.2) is 30.1 Å². The second-order valence-electron chi connectivity index (χ2n) is 9.06. The van der Waals surface area contributed by atoms with Crippen LogP contribution in [0.3, 0.4) is 0 Å². The van der Waals surface area contributed by atoms with E-state index >= 15 is 0 Å². The predicted molar refractivity (Wildman–Crippen MR) is 125 cm³/mol. The molecule has 2 heteroatoms. The molecule has 154 valence electrons. The fourth-order valence-corrected chi connectivity index (χ4v) is 5.75. The highest BCUT2D eigenvalue weighted by Crippen LogP contribution is 2.42. The molecule has 0 aromatic heterocycles. The van der Waals surface area contributed by atoms with Crippen LogP contribution >= 0.6 is 0 Å². The van der Waals surface area contributed by atoms with Crippen molar-refractivity contribution in [3.63, 3.8) is 0 Å². The Labute approximate surface area is 180 Å².